The van der Waals surface area contributed by atoms with Crippen molar-refractivity contribution >= 4 is 29.0 Å². The van der Waals surface area contributed by atoms with Crippen LogP contribution in [0.4, 0.5) is 11.4 Å². The smallest absolute Gasteiger partial charge is 0.0986 e. The minimum absolute atomic E-state index is 0.783. The van der Waals surface area contributed by atoms with E-state index in [9.17, 15) is 0 Å². The SMILES string of the molecule is Cc1ccc(C=Nc2ccccc2N=C=C(c2ccccc2)c2ccccc2)cc1. The maximum Gasteiger partial charge on any atom is 0.0986 e. The van der Waals surface area contributed by atoms with Crippen LogP contribution in [0.5, 0.6) is 0 Å². The Hall–Kier alpha value is -4.00. The molecule has 30 heavy (non-hydrogen) atoms. The van der Waals surface area contributed by atoms with Gasteiger partial charge in [0.15, 0.2) is 0 Å². The van der Waals surface area contributed by atoms with Crippen LogP contribution in [0.25, 0.3) is 5.57 Å². The van der Waals surface area contributed by atoms with Crippen LogP contribution < -0.4 is 0 Å². The molecule has 0 fully saturated rings. The number of hydrogen-bond donors (Lipinski definition) is 0. The van der Waals surface area contributed by atoms with Gasteiger partial charge in [0, 0.05) is 6.21 Å². The second-order valence-electron chi connectivity index (χ2n) is 6.99. The molecule has 0 aromatic heterocycles. The standard InChI is InChI=1S/C28H22N2/c1-22-16-18-23(19-17-22)20-29-27-14-8-9-15-28(27)30-21-26(24-10-4-2-5-11-24)25-12-6-3-7-13-25/h2-20H,1H3. The van der Waals surface area contributed by atoms with Crippen molar-refractivity contribution in [3.63, 3.8) is 0 Å². The highest BCUT2D eigenvalue weighted by molar-refractivity contribution is 5.99. The van der Waals surface area contributed by atoms with E-state index in [0.717, 1.165) is 33.6 Å². The van der Waals surface area contributed by atoms with Crippen LogP contribution in [0.15, 0.2) is 119 Å². The fourth-order valence-electron chi connectivity index (χ4n) is 3.09. The third kappa shape index (κ3) is 4.88. The molecule has 0 unspecified atom stereocenters. The van der Waals surface area contributed by atoms with E-state index in [1.165, 1.54) is 5.56 Å². The summed E-state index contributed by atoms with van der Waals surface area (Å²) in [7, 11) is 0. The molecule has 0 aliphatic heterocycles. The Bertz CT molecular complexity index is 1160. The zero-order valence-electron chi connectivity index (χ0n) is 16.9. The van der Waals surface area contributed by atoms with Gasteiger partial charge in [-0.25, -0.2) is 4.99 Å². The highest BCUT2D eigenvalue weighted by Crippen LogP contribution is 2.28. The topological polar surface area (TPSA) is 24.7 Å². The van der Waals surface area contributed by atoms with Crippen LogP contribution >= 0.6 is 0 Å². The van der Waals surface area contributed by atoms with E-state index in [1.807, 2.05) is 66.9 Å². The molecule has 0 bridgehead atoms. The number of aryl methyl sites for hydroxylation is 1. The van der Waals surface area contributed by atoms with Gasteiger partial charge in [-0.3, -0.25) is 4.99 Å². The van der Waals surface area contributed by atoms with Gasteiger partial charge in [0.25, 0.3) is 0 Å². The lowest BCUT2D eigenvalue weighted by Gasteiger charge is -2.05. The van der Waals surface area contributed by atoms with Gasteiger partial charge in [0.05, 0.1) is 16.9 Å². The van der Waals surface area contributed by atoms with Crippen LogP contribution in [0.1, 0.15) is 22.3 Å². The van der Waals surface area contributed by atoms with Crippen molar-refractivity contribution < 1.29 is 0 Å². The van der Waals surface area contributed by atoms with Gasteiger partial charge in [-0.1, -0.05) is 103 Å². The number of aliphatic imine (C=N–C) groups is 2. The molecule has 144 valence electrons. The van der Waals surface area contributed by atoms with Gasteiger partial charge < -0.3 is 0 Å². The quantitative estimate of drug-likeness (QED) is 0.325. The van der Waals surface area contributed by atoms with Crippen molar-refractivity contribution in [2.24, 2.45) is 9.98 Å². The molecular formula is C28H22N2. The summed E-state index contributed by atoms with van der Waals surface area (Å²) in [4.78, 5) is 9.35. The Morgan fingerprint density at radius 2 is 1.17 bits per heavy atom. The summed E-state index contributed by atoms with van der Waals surface area (Å²) in [6.45, 7) is 2.08. The third-order valence-corrected chi connectivity index (χ3v) is 4.72. The lowest BCUT2D eigenvalue weighted by atomic mass is 9.99. The summed E-state index contributed by atoms with van der Waals surface area (Å²) in [5, 5.41) is 0. The first-order valence-corrected chi connectivity index (χ1v) is 9.94. The molecule has 0 saturated heterocycles. The molecule has 0 amide bonds. The minimum atomic E-state index is 0.783. The lowest BCUT2D eigenvalue weighted by molar-refractivity contribution is 1.44. The molecule has 0 heterocycles. The largest absolute Gasteiger partial charge is 0.254 e. The lowest BCUT2D eigenvalue weighted by Crippen LogP contribution is -1.88. The molecule has 4 aromatic carbocycles. The van der Waals surface area contributed by atoms with Gasteiger partial charge in [0.2, 0.25) is 0 Å². The van der Waals surface area contributed by atoms with Crippen molar-refractivity contribution in [2.45, 2.75) is 6.92 Å². The fraction of sp³-hybridized carbons (Fsp3) is 0.0357. The summed E-state index contributed by atoms with van der Waals surface area (Å²) in [5.74, 6) is 3.28. The van der Waals surface area contributed by atoms with E-state index in [-0.39, 0.29) is 0 Å². The molecule has 0 radical (unpaired) electrons. The molecule has 0 N–H and O–H groups in total. The van der Waals surface area contributed by atoms with E-state index in [4.69, 9.17) is 0 Å². The maximum absolute atomic E-state index is 4.68. The molecule has 0 spiro atoms. The number of hydrogen-bond acceptors (Lipinski definition) is 2. The number of benzene rings is 4. The van der Waals surface area contributed by atoms with Crippen molar-refractivity contribution in [3.8, 4) is 0 Å². The van der Waals surface area contributed by atoms with E-state index in [1.54, 1.807) is 0 Å². The van der Waals surface area contributed by atoms with Crippen molar-refractivity contribution in [1.82, 2.24) is 0 Å². The molecule has 4 rings (SSSR count). The van der Waals surface area contributed by atoms with Crippen molar-refractivity contribution in [1.29, 1.82) is 0 Å². The Kier molecular flexibility index (Phi) is 6.10. The zero-order chi connectivity index (χ0) is 20.6. The summed E-state index contributed by atoms with van der Waals surface area (Å²) in [6, 6.07) is 36.6. The summed E-state index contributed by atoms with van der Waals surface area (Å²) >= 11 is 0. The highest BCUT2D eigenvalue weighted by Gasteiger charge is 2.04. The van der Waals surface area contributed by atoms with Crippen LogP contribution in [-0.4, -0.2) is 12.1 Å². The van der Waals surface area contributed by atoms with Crippen LogP contribution in [0, 0.1) is 6.92 Å². The van der Waals surface area contributed by atoms with E-state index in [0.29, 0.717) is 0 Å². The van der Waals surface area contributed by atoms with Crippen LogP contribution in [-0.2, 0) is 0 Å². The predicted molar refractivity (Wildman–Crippen MR) is 127 cm³/mol. The molecule has 4 aromatic rings. The van der Waals surface area contributed by atoms with Crippen LogP contribution in [0.2, 0.25) is 0 Å². The summed E-state index contributed by atoms with van der Waals surface area (Å²) < 4.78 is 0. The third-order valence-electron chi connectivity index (χ3n) is 4.72. The molecule has 0 aliphatic carbocycles. The van der Waals surface area contributed by atoms with Gasteiger partial charge in [-0.05, 0) is 41.6 Å². The first-order chi connectivity index (χ1) is 14.8. The molecule has 2 heteroatoms. The normalized spacial score (nSPS) is 10.6. The van der Waals surface area contributed by atoms with Crippen molar-refractivity contribution in [3.05, 3.63) is 131 Å². The fourth-order valence-corrected chi connectivity index (χ4v) is 3.09. The number of para-hydroxylation sites is 2. The van der Waals surface area contributed by atoms with E-state index >= 15 is 0 Å². The molecule has 0 saturated carbocycles. The van der Waals surface area contributed by atoms with Gasteiger partial charge in [-0.15, -0.1) is 0 Å². The Balaban J connectivity index is 1.74. The summed E-state index contributed by atoms with van der Waals surface area (Å²) in [5.41, 5.74) is 6.99. The van der Waals surface area contributed by atoms with Crippen molar-refractivity contribution in [2.75, 3.05) is 0 Å². The molecular weight excluding hydrogens is 364 g/mol. The van der Waals surface area contributed by atoms with Gasteiger partial charge >= 0.3 is 0 Å². The average molecular weight is 386 g/mol. The Morgan fingerprint density at radius 3 is 1.77 bits per heavy atom. The molecule has 0 aliphatic rings. The Morgan fingerprint density at radius 1 is 0.633 bits per heavy atom. The zero-order valence-corrected chi connectivity index (χ0v) is 16.9. The average Bonchev–Trinajstić information content (AvgIpc) is 2.81. The second kappa shape index (κ2) is 9.47. The molecule has 2 nitrogen and oxygen atoms in total. The van der Waals surface area contributed by atoms with E-state index < -0.39 is 0 Å². The molecule has 0 atom stereocenters. The van der Waals surface area contributed by atoms with Gasteiger partial charge in [-0.2, -0.15) is 0 Å². The first-order valence-electron chi connectivity index (χ1n) is 9.94. The number of rotatable bonds is 5. The van der Waals surface area contributed by atoms with Crippen LogP contribution in [0.3, 0.4) is 0 Å². The number of nitrogens with zero attached hydrogens (tertiary/aromatic N) is 2. The predicted octanol–water partition coefficient (Wildman–Crippen LogP) is 7.18. The highest BCUT2D eigenvalue weighted by atomic mass is 14.8. The van der Waals surface area contributed by atoms with Gasteiger partial charge in [0.1, 0.15) is 0 Å². The first kappa shape index (κ1) is 19.3. The minimum Gasteiger partial charge on any atom is -0.254 e. The van der Waals surface area contributed by atoms with E-state index in [2.05, 4.69) is 71.3 Å². The monoisotopic (exact) mass is 386 g/mol. The maximum atomic E-state index is 4.68. The summed E-state index contributed by atoms with van der Waals surface area (Å²) in [6.07, 6.45) is 1.87. The Labute approximate surface area is 177 Å². The second-order valence-corrected chi connectivity index (χ2v) is 6.99.